The highest BCUT2D eigenvalue weighted by atomic mass is 16.5. The summed E-state index contributed by atoms with van der Waals surface area (Å²) in [5, 5.41) is 0. The third-order valence-corrected chi connectivity index (χ3v) is 6.78. The maximum Gasteiger partial charge on any atom is 0.253 e. The Kier molecular flexibility index (Phi) is 7.79. The molecule has 6 heteroatoms. The molecule has 1 amide bonds. The molecule has 2 aromatic carbocycles. The zero-order chi connectivity index (χ0) is 24.1. The maximum absolute atomic E-state index is 13.3. The Morgan fingerprint density at radius 2 is 1.85 bits per heavy atom. The van der Waals surface area contributed by atoms with E-state index in [1.54, 1.807) is 13.2 Å². The van der Waals surface area contributed by atoms with E-state index >= 15 is 0 Å². The molecule has 6 nitrogen and oxygen atoms in total. The molecule has 184 valence electrons. The lowest BCUT2D eigenvalue weighted by Gasteiger charge is -2.48. The molecule has 2 atom stereocenters. The standard InChI is InChI=1S/C28H37NO5/c1-5-32-23-18-25(21-9-7-6-8-10-21)34-28(19-23)13-15-29(16-14-28)27(30)22-11-12-24(33-20(2)3)26(17-22)31-4/h6-12,17,20,23,25H,5,13-16,18-19H2,1-4H3/t23-,25+/m0/s1. The number of piperidine rings is 1. The number of ether oxygens (including phenoxy) is 4. The van der Waals surface area contributed by atoms with Crippen LogP contribution in [0, 0.1) is 0 Å². The van der Waals surface area contributed by atoms with Crippen LogP contribution in [0.2, 0.25) is 0 Å². The molecule has 2 aromatic rings. The number of hydrogen-bond acceptors (Lipinski definition) is 5. The highest BCUT2D eigenvalue weighted by molar-refractivity contribution is 5.95. The van der Waals surface area contributed by atoms with Crippen LogP contribution < -0.4 is 9.47 Å². The van der Waals surface area contributed by atoms with E-state index in [1.807, 2.05) is 43.9 Å². The number of methoxy groups -OCH3 is 1. The molecule has 1 spiro atoms. The van der Waals surface area contributed by atoms with E-state index in [2.05, 4.69) is 24.3 Å². The number of carbonyl (C=O) groups is 1. The third kappa shape index (κ3) is 5.56. The number of likely N-dealkylation sites (tertiary alicyclic amines) is 1. The van der Waals surface area contributed by atoms with Crippen molar-refractivity contribution in [3.05, 3.63) is 59.7 Å². The summed E-state index contributed by atoms with van der Waals surface area (Å²) in [5.41, 5.74) is 1.55. The topological polar surface area (TPSA) is 57.2 Å². The summed E-state index contributed by atoms with van der Waals surface area (Å²) in [5.74, 6) is 1.24. The molecule has 2 fully saturated rings. The van der Waals surface area contributed by atoms with Crippen LogP contribution in [0.1, 0.15) is 68.5 Å². The van der Waals surface area contributed by atoms with Crippen LogP contribution in [0.15, 0.2) is 48.5 Å². The Bertz CT molecular complexity index is 953. The Morgan fingerprint density at radius 1 is 1.12 bits per heavy atom. The minimum absolute atomic E-state index is 0.0148. The molecule has 2 aliphatic rings. The van der Waals surface area contributed by atoms with E-state index in [9.17, 15) is 4.79 Å². The van der Waals surface area contributed by atoms with Crippen molar-refractivity contribution in [1.29, 1.82) is 0 Å². The van der Waals surface area contributed by atoms with Crippen molar-refractivity contribution < 1.29 is 23.7 Å². The summed E-state index contributed by atoms with van der Waals surface area (Å²) in [6.07, 6.45) is 3.57. The molecule has 0 aromatic heterocycles. The van der Waals surface area contributed by atoms with Crippen LogP contribution in [0.25, 0.3) is 0 Å². The summed E-state index contributed by atoms with van der Waals surface area (Å²) >= 11 is 0. The van der Waals surface area contributed by atoms with Gasteiger partial charge < -0.3 is 23.8 Å². The average molecular weight is 468 g/mol. The molecule has 2 aliphatic heterocycles. The second-order valence-electron chi connectivity index (χ2n) is 9.54. The van der Waals surface area contributed by atoms with Gasteiger partial charge in [0.2, 0.25) is 0 Å². The fourth-order valence-corrected chi connectivity index (χ4v) is 5.14. The van der Waals surface area contributed by atoms with Gasteiger partial charge in [0.15, 0.2) is 11.5 Å². The van der Waals surface area contributed by atoms with Gasteiger partial charge >= 0.3 is 0 Å². The van der Waals surface area contributed by atoms with Crippen LogP contribution in [-0.4, -0.2) is 55.4 Å². The zero-order valence-electron chi connectivity index (χ0n) is 20.8. The minimum atomic E-state index is -0.262. The second-order valence-corrected chi connectivity index (χ2v) is 9.54. The predicted molar refractivity (Wildman–Crippen MR) is 132 cm³/mol. The Hall–Kier alpha value is -2.57. The van der Waals surface area contributed by atoms with Crippen molar-refractivity contribution in [1.82, 2.24) is 4.90 Å². The lowest BCUT2D eigenvalue weighted by Crippen LogP contribution is -2.52. The molecule has 0 radical (unpaired) electrons. The van der Waals surface area contributed by atoms with Crippen LogP contribution >= 0.6 is 0 Å². The van der Waals surface area contributed by atoms with Crippen molar-refractivity contribution in [2.24, 2.45) is 0 Å². The van der Waals surface area contributed by atoms with Crippen LogP contribution in [0.4, 0.5) is 0 Å². The highest BCUT2D eigenvalue weighted by Gasteiger charge is 2.45. The monoisotopic (exact) mass is 467 g/mol. The fraction of sp³-hybridized carbons (Fsp3) is 0.536. The first-order valence-electron chi connectivity index (χ1n) is 12.4. The number of carbonyl (C=O) groups excluding carboxylic acids is 1. The van der Waals surface area contributed by atoms with E-state index < -0.39 is 0 Å². The van der Waals surface area contributed by atoms with E-state index in [1.165, 1.54) is 5.56 Å². The quantitative estimate of drug-likeness (QED) is 0.545. The molecule has 0 N–H and O–H groups in total. The molecule has 0 saturated carbocycles. The van der Waals surface area contributed by atoms with Gasteiger partial charge in [0.1, 0.15) is 0 Å². The zero-order valence-corrected chi connectivity index (χ0v) is 20.8. The van der Waals surface area contributed by atoms with Gasteiger partial charge in [-0.15, -0.1) is 0 Å². The van der Waals surface area contributed by atoms with Gasteiger partial charge in [0, 0.05) is 38.1 Å². The van der Waals surface area contributed by atoms with E-state index in [0.29, 0.717) is 36.8 Å². The van der Waals surface area contributed by atoms with Gasteiger partial charge in [-0.25, -0.2) is 0 Å². The molecule has 2 saturated heterocycles. The van der Waals surface area contributed by atoms with Crippen molar-refractivity contribution in [2.75, 3.05) is 26.8 Å². The lowest BCUT2D eigenvalue weighted by molar-refractivity contribution is -0.190. The van der Waals surface area contributed by atoms with E-state index in [0.717, 1.165) is 25.7 Å². The molecule has 34 heavy (non-hydrogen) atoms. The normalized spacial score (nSPS) is 22.1. The minimum Gasteiger partial charge on any atom is -0.493 e. The van der Waals surface area contributed by atoms with Gasteiger partial charge in [-0.1, -0.05) is 30.3 Å². The predicted octanol–water partition coefficient (Wildman–Crippen LogP) is 5.41. The fourth-order valence-electron chi connectivity index (χ4n) is 5.14. The third-order valence-electron chi connectivity index (χ3n) is 6.78. The summed E-state index contributed by atoms with van der Waals surface area (Å²) in [6, 6.07) is 15.8. The number of rotatable bonds is 7. The van der Waals surface area contributed by atoms with E-state index in [-0.39, 0.29) is 29.8 Å². The highest BCUT2D eigenvalue weighted by Crippen LogP contribution is 2.44. The first-order chi connectivity index (χ1) is 16.4. The van der Waals surface area contributed by atoms with E-state index in [4.69, 9.17) is 18.9 Å². The van der Waals surface area contributed by atoms with Gasteiger partial charge in [0.25, 0.3) is 5.91 Å². The second kappa shape index (κ2) is 10.8. The Balaban J connectivity index is 1.45. The molecule has 2 heterocycles. The van der Waals surface area contributed by atoms with Crippen molar-refractivity contribution in [2.45, 2.75) is 70.4 Å². The van der Waals surface area contributed by atoms with Gasteiger partial charge in [0.05, 0.1) is 31.0 Å². The summed E-state index contributed by atoms with van der Waals surface area (Å²) in [7, 11) is 1.60. The molecule has 0 bridgehead atoms. The molecule has 0 unspecified atom stereocenters. The van der Waals surface area contributed by atoms with Crippen LogP contribution in [0.5, 0.6) is 11.5 Å². The summed E-state index contributed by atoms with van der Waals surface area (Å²) < 4.78 is 24.1. The SMILES string of the molecule is CCO[C@H]1C[C@H](c2ccccc2)OC2(CCN(C(=O)c3ccc(OC(C)C)c(OC)c3)CC2)C1. The van der Waals surface area contributed by atoms with Gasteiger partial charge in [-0.3, -0.25) is 4.79 Å². The van der Waals surface area contributed by atoms with Crippen molar-refractivity contribution in [3.63, 3.8) is 0 Å². The largest absolute Gasteiger partial charge is 0.493 e. The molecule has 0 aliphatic carbocycles. The number of amides is 1. The Labute approximate surface area is 203 Å². The first-order valence-corrected chi connectivity index (χ1v) is 12.4. The first kappa shape index (κ1) is 24.6. The summed E-state index contributed by atoms with van der Waals surface area (Å²) in [4.78, 5) is 15.2. The van der Waals surface area contributed by atoms with Crippen LogP contribution in [0.3, 0.4) is 0 Å². The lowest BCUT2D eigenvalue weighted by atomic mass is 9.80. The van der Waals surface area contributed by atoms with Crippen LogP contribution in [-0.2, 0) is 9.47 Å². The molecular formula is C28H37NO5. The number of nitrogens with zero attached hydrogens (tertiary/aromatic N) is 1. The summed E-state index contributed by atoms with van der Waals surface area (Å²) in [6.45, 7) is 8.00. The number of benzene rings is 2. The maximum atomic E-state index is 13.3. The van der Waals surface area contributed by atoms with Gasteiger partial charge in [-0.2, -0.15) is 0 Å². The van der Waals surface area contributed by atoms with Crippen molar-refractivity contribution >= 4 is 5.91 Å². The number of hydrogen-bond donors (Lipinski definition) is 0. The molecule has 4 rings (SSSR count). The average Bonchev–Trinajstić information content (AvgIpc) is 2.84. The smallest absolute Gasteiger partial charge is 0.253 e. The molecular weight excluding hydrogens is 430 g/mol. The van der Waals surface area contributed by atoms with Crippen molar-refractivity contribution in [3.8, 4) is 11.5 Å². The Morgan fingerprint density at radius 3 is 2.50 bits per heavy atom. The van der Waals surface area contributed by atoms with Gasteiger partial charge in [-0.05, 0) is 57.4 Å².